The molecule has 9 nitrogen and oxygen atoms in total. The molecule has 2 saturated carbocycles. The highest BCUT2D eigenvalue weighted by molar-refractivity contribution is 7.16. The molecule has 0 aromatic carbocycles. The maximum Gasteiger partial charge on any atom is 0.508 e. The number of methoxy groups -OCH3 is 1. The molecule has 2 atom stereocenters. The van der Waals surface area contributed by atoms with Gasteiger partial charge in [-0.25, -0.2) is 9.78 Å². The van der Waals surface area contributed by atoms with Gasteiger partial charge < -0.3 is 14.8 Å². The molecular weight excluding hydrogens is 482 g/mol. The van der Waals surface area contributed by atoms with Crippen LogP contribution < -0.4 is 10.2 Å². The number of aryl methyl sites for hydroxylation is 1. The first-order valence-electron chi connectivity index (χ1n) is 11.3. The topological polar surface area (TPSA) is 111 Å². The summed E-state index contributed by atoms with van der Waals surface area (Å²) in [7, 11) is 1.08. The largest absolute Gasteiger partial charge is 0.508 e. The molecule has 2 aromatic rings. The summed E-state index contributed by atoms with van der Waals surface area (Å²) >= 11 is 1.00. The molecule has 12 heteroatoms. The van der Waals surface area contributed by atoms with Gasteiger partial charge in [-0.3, -0.25) is 14.5 Å². The Kier molecular flexibility index (Phi) is 7.02. The minimum atomic E-state index is -1.37. The van der Waals surface area contributed by atoms with Gasteiger partial charge in [0.2, 0.25) is 11.9 Å². The summed E-state index contributed by atoms with van der Waals surface area (Å²) in [5.41, 5.74) is 0.0706. The lowest BCUT2D eigenvalue weighted by atomic mass is 9.63. The fraction of sp³-hybridized carbons (Fsp3) is 0.522. The summed E-state index contributed by atoms with van der Waals surface area (Å²) in [6, 6.07) is 1.78. The number of hydrogen-bond donors (Lipinski definition) is 1. The fourth-order valence-electron chi connectivity index (χ4n) is 4.85. The van der Waals surface area contributed by atoms with Gasteiger partial charge in [0.15, 0.2) is 11.2 Å². The van der Waals surface area contributed by atoms with Crippen LogP contribution in [0.15, 0.2) is 12.1 Å². The number of carbonyl (C=O) groups excluding carboxylic acids is 3. The van der Waals surface area contributed by atoms with Crippen molar-refractivity contribution in [3.8, 4) is 0 Å². The molecule has 4 rings (SSSR count). The Morgan fingerprint density at radius 2 is 1.83 bits per heavy atom. The normalized spacial score (nSPS) is 19.1. The second-order valence-electron chi connectivity index (χ2n) is 8.89. The maximum absolute atomic E-state index is 13.9. The van der Waals surface area contributed by atoms with Crippen molar-refractivity contribution in [2.45, 2.75) is 64.5 Å². The van der Waals surface area contributed by atoms with Crippen molar-refractivity contribution in [1.29, 1.82) is 0 Å². The number of aromatic nitrogens is 2. The van der Waals surface area contributed by atoms with E-state index in [2.05, 4.69) is 20.0 Å². The Labute approximate surface area is 204 Å². The molecule has 2 aliphatic carbocycles. The van der Waals surface area contributed by atoms with E-state index < -0.39 is 30.1 Å². The first kappa shape index (κ1) is 25.0. The van der Waals surface area contributed by atoms with E-state index in [9.17, 15) is 23.2 Å². The fourth-order valence-corrected chi connectivity index (χ4v) is 5.79. The highest BCUT2D eigenvalue weighted by Crippen LogP contribution is 2.53. The molecule has 0 bridgehead atoms. The van der Waals surface area contributed by atoms with Gasteiger partial charge in [-0.1, -0.05) is 12.8 Å². The minimum Gasteiger partial charge on any atom is -0.438 e. The number of nitrogens with one attached hydrogen (secondary N) is 1. The highest BCUT2D eigenvalue weighted by Gasteiger charge is 2.49. The molecule has 2 heterocycles. The molecule has 2 aliphatic rings. The average molecular weight is 509 g/mol. The van der Waals surface area contributed by atoms with Crippen LogP contribution in [-0.2, 0) is 14.3 Å². The van der Waals surface area contributed by atoms with Crippen molar-refractivity contribution >= 4 is 40.1 Å². The van der Waals surface area contributed by atoms with Crippen molar-refractivity contribution in [3.63, 3.8) is 0 Å². The van der Waals surface area contributed by atoms with E-state index in [1.807, 2.05) is 0 Å². The van der Waals surface area contributed by atoms with Crippen LogP contribution in [0.4, 0.5) is 24.4 Å². The lowest BCUT2D eigenvalue weighted by Crippen LogP contribution is -2.54. The first-order chi connectivity index (χ1) is 16.6. The quantitative estimate of drug-likeness (QED) is 0.454. The molecular formula is C23H26F2N4O5S. The molecule has 35 heavy (non-hydrogen) atoms. The predicted molar refractivity (Wildman–Crippen MR) is 122 cm³/mol. The van der Waals surface area contributed by atoms with Gasteiger partial charge in [-0.2, -0.15) is 13.8 Å². The van der Waals surface area contributed by atoms with E-state index in [1.54, 1.807) is 6.92 Å². The third-order valence-electron chi connectivity index (χ3n) is 6.78. The van der Waals surface area contributed by atoms with E-state index in [1.165, 1.54) is 6.92 Å². The van der Waals surface area contributed by atoms with Crippen LogP contribution in [0.25, 0.3) is 0 Å². The lowest BCUT2D eigenvalue weighted by Gasteiger charge is -2.47. The molecule has 1 spiro atoms. The van der Waals surface area contributed by atoms with Gasteiger partial charge in [-0.15, -0.1) is 11.3 Å². The number of carbonyl (C=O) groups is 3. The summed E-state index contributed by atoms with van der Waals surface area (Å²) in [6.45, 7) is 2.96. The van der Waals surface area contributed by atoms with Crippen LogP contribution in [-0.4, -0.2) is 47.2 Å². The Balaban J connectivity index is 1.63. The smallest absolute Gasteiger partial charge is 0.438 e. The Hall–Kier alpha value is -3.15. The third-order valence-corrected chi connectivity index (χ3v) is 7.74. The number of pyridine rings is 1. The first-order valence-corrected chi connectivity index (χ1v) is 12.1. The zero-order valence-electron chi connectivity index (χ0n) is 19.6. The van der Waals surface area contributed by atoms with Gasteiger partial charge >= 0.3 is 6.16 Å². The van der Waals surface area contributed by atoms with Crippen LogP contribution in [0.1, 0.15) is 60.8 Å². The van der Waals surface area contributed by atoms with Gasteiger partial charge in [0.25, 0.3) is 11.8 Å². The van der Waals surface area contributed by atoms with Crippen LogP contribution >= 0.6 is 11.3 Å². The number of hydrogen-bond acceptors (Lipinski definition) is 8. The molecule has 2 fully saturated rings. The van der Waals surface area contributed by atoms with E-state index >= 15 is 0 Å². The van der Waals surface area contributed by atoms with Crippen molar-refractivity contribution in [3.05, 3.63) is 34.6 Å². The van der Waals surface area contributed by atoms with Crippen LogP contribution in [0.2, 0.25) is 0 Å². The van der Waals surface area contributed by atoms with E-state index in [4.69, 9.17) is 4.74 Å². The van der Waals surface area contributed by atoms with E-state index in [-0.39, 0.29) is 33.9 Å². The van der Waals surface area contributed by atoms with Gasteiger partial charge in [0.05, 0.1) is 12.8 Å². The number of thiazole rings is 1. The molecule has 0 aliphatic heterocycles. The number of anilines is 2. The highest BCUT2D eigenvalue weighted by atomic mass is 32.1. The Bertz CT molecular complexity index is 1130. The second kappa shape index (κ2) is 9.84. The minimum absolute atomic E-state index is 0.00726. The zero-order valence-corrected chi connectivity index (χ0v) is 20.4. The summed E-state index contributed by atoms with van der Waals surface area (Å²) in [5.74, 6) is -3.51. The molecule has 2 aromatic heterocycles. The van der Waals surface area contributed by atoms with Crippen molar-refractivity contribution < 1.29 is 32.6 Å². The molecule has 0 radical (unpaired) electrons. The number of halogens is 2. The van der Waals surface area contributed by atoms with Crippen LogP contribution in [0.5, 0.6) is 0 Å². The van der Waals surface area contributed by atoms with Crippen molar-refractivity contribution in [1.82, 2.24) is 15.3 Å². The Morgan fingerprint density at radius 1 is 1.17 bits per heavy atom. The number of rotatable bonds is 6. The Morgan fingerprint density at radius 3 is 2.40 bits per heavy atom. The second-order valence-corrected chi connectivity index (χ2v) is 10.1. The third kappa shape index (κ3) is 4.97. The maximum atomic E-state index is 13.9. The van der Waals surface area contributed by atoms with Gasteiger partial charge in [0, 0.05) is 23.1 Å². The SMILES string of the molecule is COC(=O)OC(C)C(=O)N(c1cc(F)nc(F)c1)c1nc(C(=O)NC2CCC23CCCC3)c(C)s1. The summed E-state index contributed by atoms with van der Waals surface area (Å²) in [5, 5.41) is 3.08. The van der Waals surface area contributed by atoms with Crippen LogP contribution in [0, 0.1) is 24.2 Å². The van der Waals surface area contributed by atoms with Gasteiger partial charge in [0.1, 0.15) is 5.69 Å². The monoisotopic (exact) mass is 508 g/mol. The average Bonchev–Trinajstić information content (AvgIpc) is 3.45. The summed E-state index contributed by atoms with van der Waals surface area (Å²) in [6.07, 6.45) is 4.04. The lowest BCUT2D eigenvalue weighted by molar-refractivity contribution is -0.126. The van der Waals surface area contributed by atoms with Crippen molar-refractivity contribution in [2.24, 2.45) is 5.41 Å². The molecule has 0 saturated heterocycles. The molecule has 1 N–H and O–H groups in total. The molecule has 2 unspecified atom stereocenters. The predicted octanol–water partition coefficient (Wildman–Crippen LogP) is 4.41. The number of nitrogens with zero attached hydrogens (tertiary/aromatic N) is 3. The van der Waals surface area contributed by atoms with E-state index in [0.29, 0.717) is 4.88 Å². The molecule has 2 amide bonds. The summed E-state index contributed by atoms with van der Waals surface area (Å²) < 4.78 is 37.1. The number of amides is 2. The zero-order chi connectivity index (χ0) is 25.3. The number of ether oxygens (including phenoxy) is 2. The van der Waals surface area contributed by atoms with E-state index in [0.717, 1.165) is 74.0 Å². The van der Waals surface area contributed by atoms with Gasteiger partial charge in [-0.05, 0) is 44.9 Å². The summed E-state index contributed by atoms with van der Waals surface area (Å²) in [4.78, 5) is 46.6. The van der Waals surface area contributed by atoms with Crippen molar-refractivity contribution in [2.75, 3.05) is 12.0 Å². The van der Waals surface area contributed by atoms with Crippen LogP contribution in [0.3, 0.4) is 0 Å². The molecule has 188 valence electrons. The standard InChI is InChI=1S/C23H26F2N4O5S/c1-12(34-22(32)33-3)20(31)29(14-10-16(24)27-17(25)11-14)21-28-18(13(2)35-21)19(30)26-15-6-9-23(15)7-4-5-8-23/h10-12,15H,4-9H2,1-3H3,(H,26,30).